The topological polar surface area (TPSA) is 55.0 Å². The number of nitrogens with one attached hydrogen (secondary N) is 1. The summed E-state index contributed by atoms with van der Waals surface area (Å²) in [7, 11) is 1.35. The molecule has 0 radical (unpaired) electrons. The molecule has 0 spiro atoms. The second-order valence-corrected chi connectivity index (χ2v) is 3.02. The molecule has 0 fully saturated rings. The summed E-state index contributed by atoms with van der Waals surface area (Å²) in [6.45, 7) is 0. The van der Waals surface area contributed by atoms with Crippen LogP contribution in [0, 0.1) is 0 Å². The molecule has 0 saturated carbocycles. The van der Waals surface area contributed by atoms with E-state index < -0.39 is 0 Å². The van der Waals surface area contributed by atoms with Crippen molar-refractivity contribution in [3.8, 4) is 0 Å². The van der Waals surface area contributed by atoms with E-state index in [9.17, 15) is 4.79 Å². The van der Waals surface area contributed by atoms with Crippen molar-refractivity contribution in [2.24, 2.45) is 0 Å². The number of methoxy groups -OCH3 is 1. The predicted octanol–water partition coefficient (Wildman–Crippen LogP) is 1.75. The fraction of sp³-hybridized carbons (Fsp3) is 0.0909. The maximum atomic E-state index is 10.9. The van der Waals surface area contributed by atoms with E-state index in [2.05, 4.69) is 14.7 Å². The number of aromatic amines is 1. The molecule has 0 aliphatic carbocycles. The summed E-state index contributed by atoms with van der Waals surface area (Å²) < 4.78 is 4.49. The van der Waals surface area contributed by atoms with Crippen LogP contribution >= 0.6 is 0 Å². The Morgan fingerprint density at radius 1 is 1.60 bits per heavy atom. The van der Waals surface area contributed by atoms with Crippen LogP contribution in [0.3, 0.4) is 0 Å². The molecular formula is C11H10N2O2. The number of hydrogen-bond acceptors (Lipinski definition) is 3. The van der Waals surface area contributed by atoms with Crippen LogP contribution in [0.25, 0.3) is 17.1 Å². The van der Waals surface area contributed by atoms with E-state index in [1.807, 2.05) is 18.2 Å². The number of aromatic nitrogens is 2. The van der Waals surface area contributed by atoms with E-state index in [0.29, 0.717) is 0 Å². The number of nitrogens with zero attached hydrogens (tertiary/aromatic N) is 1. The molecule has 1 N–H and O–H groups in total. The summed E-state index contributed by atoms with van der Waals surface area (Å²) in [6, 6.07) is 5.65. The van der Waals surface area contributed by atoms with Crippen LogP contribution in [-0.2, 0) is 9.53 Å². The summed E-state index contributed by atoms with van der Waals surface area (Å²) >= 11 is 0. The number of rotatable bonds is 2. The minimum absolute atomic E-state index is 0.374. The summed E-state index contributed by atoms with van der Waals surface area (Å²) in [5, 5.41) is 0. The monoisotopic (exact) mass is 202 g/mol. The van der Waals surface area contributed by atoms with Crippen molar-refractivity contribution < 1.29 is 9.53 Å². The Labute approximate surface area is 86.6 Å². The minimum Gasteiger partial charge on any atom is -0.466 e. The smallest absolute Gasteiger partial charge is 0.330 e. The Morgan fingerprint density at radius 3 is 3.20 bits per heavy atom. The van der Waals surface area contributed by atoms with Crippen molar-refractivity contribution >= 4 is 23.1 Å². The molecule has 2 rings (SSSR count). The first-order valence-corrected chi connectivity index (χ1v) is 4.49. The zero-order valence-corrected chi connectivity index (χ0v) is 8.23. The quantitative estimate of drug-likeness (QED) is 0.596. The summed E-state index contributed by atoms with van der Waals surface area (Å²) in [5.74, 6) is -0.374. The van der Waals surface area contributed by atoms with Gasteiger partial charge in [0.1, 0.15) is 0 Å². The molecule has 15 heavy (non-hydrogen) atoms. The molecule has 0 aromatic carbocycles. The Bertz CT molecular complexity index is 481. The lowest BCUT2D eigenvalue weighted by atomic mass is 10.3. The average Bonchev–Trinajstić information content (AvgIpc) is 2.68. The highest BCUT2D eigenvalue weighted by Gasteiger charge is 1.98. The van der Waals surface area contributed by atoms with Crippen LogP contribution < -0.4 is 0 Å². The number of hydrogen-bond donors (Lipinski definition) is 1. The van der Waals surface area contributed by atoms with Crippen LogP contribution in [0.15, 0.2) is 30.5 Å². The van der Waals surface area contributed by atoms with Gasteiger partial charge in [0.25, 0.3) is 0 Å². The number of H-pyrrole nitrogens is 1. The van der Waals surface area contributed by atoms with Gasteiger partial charge in [0.05, 0.1) is 18.1 Å². The number of carbonyl (C=O) groups excluding carboxylic acids is 1. The van der Waals surface area contributed by atoms with E-state index in [-0.39, 0.29) is 5.97 Å². The van der Waals surface area contributed by atoms with Gasteiger partial charge in [-0.25, -0.2) is 4.79 Å². The summed E-state index contributed by atoms with van der Waals surface area (Å²) in [4.78, 5) is 18.1. The second-order valence-electron chi connectivity index (χ2n) is 3.02. The van der Waals surface area contributed by atoms with Gasteiger partial charge in [-0.15, -0.1) is 0 Å². The first-order valence-electron chi connectivity index (χ1n) is 4.49. The van der Waals surface area contributed by atoms with Crippen LogP contribution in [0.5, 0.6) is 0 Å². The zero-order valence-electron chi connectivity index (χ0n) is 8.23. The van der Waals surface area contributed by atoms with E-state index in [1.165, 1.54) is 13.2 Å². The van der Waals surface area contributed by atoms with Gasteiger partial charge in [-0.1, -0.05) is 0 Å². The van der Waals surface area contributed by atoms with E-state index in [4.69, 9.17) is 0 Å². The van der Waals surface area contributed by atoms with E-state index in [1.54, 1.807) is 12.3 Å². The highest BCUT2D eigenvalue weighted by molar-refractivity contribution is 5.88. The molecule has 2 heterocycles. The van der Waals surface area contributed by atoms with Gasteiger partial charge in [-0.3, -0.25) is 4.98 Å². The molecule has 0 saturated heterocycles. The molecule has 0 amide bonds. The van der Waals surface area contributed by atoms with Gasteiger partial charge in [-0.2, -0.15) is 0 Å². The van der Waals surface area contributed by atoms with Gasteiger partial charge in [0.15, 0.2) is 0 Å². The van der Waals surface area contributed by atoms with Crippen molar-refractivity contribution in [2.75, 3.05) is 7.11 Å². The van der Waals surface area contributed by atoms with Crippen molar-refractivity contribution in [2.45, 2.75) is 0 Å². The van der Waals surface area contributed by atoms with Crippen LogP contribution in [0.4, 0.5) is 0 Å². The van der Waals surface area contributed by atoms with Crippen molar-refractivity contribution in [1.29, 1.82) is 0 Å². The Balaban J connectivity index is 2.29. The van der Waals surface area contributed by atoms with Gasteiger partial charge in [0.2, 0.25) is 0 Å². The molecule has 2 aromatic heterocycles. The number of esters is 1. The highest BCUT2D eigenvalue weighted by atomic mass is 16.5. The molecule has 2 aromatic rings. The Morgan fingerprint density at radius 2 is 2.47 bits per heavy atom. The number of carbonyl (C=O) groups is 1. The minimum atomic E-state index is -0.374. The SMILES string of the molecule is COC(=O)/C=C/c1cc2ncccc2[nH]1. The van der Waals surface area contributed by atoms with E-state index in [0.717, 1.165) is 16.7 Å². The van der Waals surface area contributed by atoms with Crippen molar-refractivity contribution in [3.05, 3.63) is 36.2 Å². The molecule has 4 nitrogen and oxygen atoms in total. The molecule has 0 unspecified atom stereocenters. The van der Waals surface area contributed by atoms with Gasteiger partial charge in [-0.05, 0) is 24.3 Å². The fourth-order valence-electron chi connectivity index (χ4n) is 1.29. The maximum Gasteiger partial charge on any atom is 0.330 e. The van der Waals surface area contributed by atoms with Gasteiger partial charge in [0, 0.05) is 18.0 Å². The zero-order chi connectivity index (χ0) is 10.7. The average molecular weight is 202 g/mol. The molecule has 0 aliphatic rings. The summed E-state index contributed by atoms with van der Waals surface area (Å²) in [6.07, 6.45) is 4.75. The normalized spacial score (nSPS) is 11.0. The highest BCUT2D eigenvalue weighted by Crippen LogP contribution is 2.12. The molecular weight excluding hydrogens is 192 g/mol. The van der Waals surface area contributed by atoms with Crippen LogP contribution in [0.2, 0.25) is 0 Å². The van der Waals surface area contributed by atoms with Gasteiger partial charge < -0.3 is 9.72 Å². The Hall–Kier alpha value is -2.10. The van der Waals surface area contributed by atoms with Crippen LogP contribution in [-0.4, -0.2) is 23.0 Å². The number of fused-ring (bicyclic) bond motifs is 1. The van der Waals surface area contributed by atoms with Crippen molar-refractivity contribution in [3.63, 3.8) is 0 Å². The third kappa shape index (κ3) is 2.04. The first kappa shape index (κ1) is 9.45. The molecule has 4 heteroatoms. The van der Waals surface area contributed by atoms with E-state index >= 15 is 0 Å². The lowest BCUT2D eigenvalue weighted by molar-refractivity contribution is -0.134. The molecule has 0 atom stereocenters. The fourth-order valence-corrected chi connectivity index (χ4v) is 1.29. The number of ether oxygens (including phenoxy) is 1. The maximum absolute atomic E-state index is 10.9. The standard InChI is InChI=1S/C11H10N2O2/c1-15-11(14)5-4-8-7-10-9(13-8)3-2-6-12-10/h2-7,13H,1H3/b5-4+. The second kappa shape index (κ2) is 3.96. The largest absolute Gasteiger partial charge is 0.466 e. The summed E-state index contributed by atoms with van der Waals surface area (Å²) in [5.41, 5.74) is 2.65. The molecule has 0 aliphatic heterocycles. The lowest BCUT2D eigenvalue weighted by Crippen LogP contribution is -1.93. The molecule has 0 bridgehead atoms. The Kier molecular flexibility index (Phi) is 2.49. The van der Waals surface area contributed by atoms with Crippen LogP contribution in [0.1, 0.15) is 5.69 Å². The first-order chi connectivity index (χ1) is 7.29. The predicted molar refractivity (Wildman–Crippen MR) is 57.1 cm³/mol. The number of pyridine rings is 1. The third-order valence-electron chi connectivity index (χ3n) is 2.01. The van der Waals surface area contributed by atoms with Gasteiger partial charge >= 0.3 is 5.97 Å². The third-order valence-corrected chi connectivity index (χ3v) is 2.01. The van der Waals surface area contributed by atoms with Crippen molar-refractivity contribution in [1.82, 2.24) is 9.97 Å². The molecule has 76 valence electrons. The lowest BCUT2D eigenvalue weighted by Gasteiger charge is -1.88.